The molecule has 7 N–H and O–H groups in total. The summed E-state index contributed by atoms with van der Waals surface area (Å²) >= 11 is 0. The van der Waals surface area contributed by atoms with Crippen LogP contribution in [0.5, 0.6) is 23.0 Å². The molecule has 0 atom stereocenters. The van der Waals surface area contributed by atoms with Gasteiger partial charge in [0.25, 0.3) is 0 Å². The molecule has 0 unspecified atom stereocenters. The molecule has 9 heteroatoms. The normalized spacial score (nSPS) is 9.93. The predicted molar refractivity (Wildman–Crippen MR) is 95.6 cm³/mol. The average Bonchev–Trinajstić information content (AvgIpc) is 2.57. The molecule has 1 aromatic heterocycles. The molecule has 9 nitrogen and oxygen atoms in total. The molecule has 142 valence electrons. The van der Waals surface area contributed by atoms with Crippen LogP contribution in [0, 0.1) is 0 Å². The minimum Gasteiger partial charge on any atom is -0.504 e. The molecule has 3 aromatic rings. The number of carbonyl (C=O) groups is 2. The Morgan fingerprint density at radius 1 is 0.815 bits per heavy atom. The van der Waals surface area contributed by atoms with Crippen molar-refractivity contribution in [3.8, 4) is 23.0 Å². The summed E-state index contributed by atoms with van der Waals surface area (Å²) in [6.07, 6.45) is 0. The van der Waals surface area contributed by atoms with Gasteiger partial charge in [0.2, 0.25) is 5.78 Å². The zero-order chi connectivity index (χ0) is 18.3. The van der Waals surface area contributed by atoms with Gasteiger partial charge in [-0.1, -0.05) is 7.43 Å². The van der Waals surface area contributed by atoms with Gasteiger partial charge in [0.05, 0.1) is 0 Å². The van der Waals surface area contributed by atoms with E-state index in [9.17, 15) is 30.0 Å². The lowest BCUT2D eigenvalue weighted by atomic mass is 10.0. The number of aromatic nitrogens is 1. The van der Waals surface area contributed by atoms with E-state index in [2.05, 4.69) is 4.98 Å². The number of phenolic OH excluding ortho intramolecular Hbond substituents is 4. The lowest BCUT2D eigenvalue weighted by Crippen LogP contribution is -2.10. The fourth-order valence-corrected chi connectivity index (χ4v) is 2.36. The van der Waals surface area contributed by atoms with Crippen LogP contribution >= 0.6 is 0 Å². The van der Waals surface area contributed by atoms with Gasteiger partial charge in [-0.3, -0.25) is 4.79 Å². The molecule has 0 bridgehead atoms. The molecule has 2 aromatic carbocycles. The standard InChI is InChI=1S/C17H11NO7.CH4.H2O/c19-11-2-1-7(4-12(11)20)16(23)15-9-6-14(22)13(21)5-8(9)3-10(18-15)17(24)25;;/h1-6,19-22H,(H,24,25);1H4;1H2. The van der Waals surface area contributed by atoms with Crippen molar-refractivity contribution < 1.29 is 40.6 Å². The number of benzene rings is 2. The second-order valence-corrected chi connectivity index (χ2v) is 5.26. The van der Waals surface area contributed by atoms with E-state index in [1.54, 1.807) is 0 Å². The van der Waals surface area contributed by atoms with Crippen LogP contribution in [0.2, 0.25) is 0 Å². The van der Waals surface area contributed by atoms with Crippen molar-refractivity contribution in [2.75, 3.05) is 0 Å². The lowest BCUT2D eigenvalue weighted by molar-refractivity contribution is 0.0690. The van der Waals surface area contributed by atoms with Crippen LogP contribution in [0.3, 0.4) is 0 Å². The maximum absolute atomic E-state index is 12.7. The van der Waals surface area contributed by atoms with E-state index in [1.807, 2.05) is 0 Å². The van der Waals surface area contributed by atoms with Gasteiger partial charge in [0, 0.05) is 10.9 Å². The molecular formula is C18H17NO8. The van der Waals surface area contributed by atoms with Crippen LogP contribution in [0.25, 0.3) is 10.8 Å². The molecule has 27 heavy (non-hydrogen) atoms. The summed E-state index contributed by atoms with van der Waals surface area (Å²) in [6.45, 7) is 0. The van der Waals surface area contributed by atoms with Gasteiger partial charge in [-0.2, -0.15) is 0 Å². The average molecular weight is 375 g/mol. The second kappa shape index (κ2) is 7.58. The highest BCUT2D eigenvalue weighted by Gasteiger charge is 2.20. The first-order valence-corrected chi connectivity index (χ1v) is 6.94. The van der Waals surface area contributed by atoms with Gasteiger partial charge in [-0.05, 0) is 41.8 Å². The highest BCUT2D eigenvalue weighted by atomic mass is 16.4. The zero-order valence-electron chi connectivity index (χ0n) is 13.0. The molecule has 0 spiro atoms. The Hall–Kier alpha value is -3.85. The number of nitrogens with zero attached hydrogens (tertiary/aromatic N) is 1. The van der Waals surface area contributed by atoms with Gasteiger partial charge in [0.15, 0.2) is 23.0 Å². The summed E-state index contributed by atoms with van der Waals surface area (Å²) in [5, 5.41) is 47.6. The van der Waals surface area contributed by atoms with E-state index >= 15 is 0 Å². The Kier molecular flexibility index (Phi) is 5.95. The fraction of sp³-hybridized carbons (Fsp3) is 0.0556. The van der Waals surface area contributed by atoms with Gasteiger partial charge < -0.3 is 31.0 Å². The number of hydrogen-bond acceptors (Lipinski definition) is 7. The van der Waals surface area contributed by atoms with E-state index in [-0.39, 0.29) is 34.9 Å². The molecule has 0 saturated carbocycles. The molecular weight excluding hydrogens is 358 g/mol. The summed E-state index contributed by atoms with van der Waals surface area (Å²) in [5.74, 6) is -4.03. The summed E-state index contributed by atoms with van der Waals surface area (Å²) in [6, 6.07) is 6.72. The van der Waals surface area contributed by atoms with Crippen LogP contribution in [0.15, 0.2) is 36.4 Å². The highest BCUT2D eigenvalue weighted by molar-refractivity contribution is 6.16. The monoisotopic (exact) mass is 375 g/mol. The number of fused-ring (bicyclic) bond motifs is 1. The first-order chi connectivity index (χ1) is 11.8. The molecule has 0 radical (unpaired) electrons. The van der Waals surface area contributed by atoms with Crippen LogP contribution in [-0.4, -0.2) is 47.7 Å². The van der Waals surface area contributed by atoms with Crippen molar-refractivity contribution in [2.24, 2.45) is 0 Å². The number of pyridine rings is 1. The minimum absolute atomic E-state index is 0. The van der Waals surface area contributed by atoms with Gasteiger partial charge in [-0.15, -0.1) is 0 Å². The number of carbonyl (C=O) groups excluding carboxylic acids is 1. The summed E-state index contributed by atoms with van der Waals surface area (Å²) in [5.41, 5.74) is -0.751. The Labute approximate surface area is 152 Å². The van der Waals surface area contributed by atoms with Gasteiger partial charge in [-0.25, -0.2) is 9.78 Å². The van der Waals surface area contributed by atoms with Crippen molar-refractivity contribution in [3.05, 3.63) is 53.3 Å². The van der Waals surface area contributed by atoms with Crippen LogP contribution in [0.4, 0.5) is 0 Å². The Balaban J connectivity index is 0.00000182. The Morgan fingerprint density at radius 3 is 2.00 bits per heavy atom. The van der Waals surface area contributed by atoms with E-state index in [4.69, 9.17) is 5.11 Å². The summed E-state index contributed by atoms with van der Waals surface area (Å²) < 4.78 is 0. The van der Waals surface area contributed by atoms with Crippen molar-refractivity contribution in [3.63, 3.8) is 0 Å². The molecule has 0 aliphatic rings. The van der Waals surface area contributed by atoms with Crippen molar-refractivity contribution >= 4 is 22.5 Å². The maximum atomic E-state index is 12.7. The number of carboxylic acid groups (broad SMARTS) is 1. The van der Waals surface area contributed by atoms with E-state index in [1.165, 1.54) is 6.07 Å². The predicted octanol–water partition coefficient (Wildman–Crippen LogP) is 1.80. The van der Waals surface area contributed by atoms with E-state index in [0.29, 0.717) is 0 Å². The Bertz CT molecular complexity index is 1050. The maximum Gasteiger partial charge on any atom is 0.354 e. The Morgan fingerprint density at radius 2 is 1.41 bits per heavy atom. The second-order valence-electron chi connectivity index (χ2n) is 5.26. The van der Waals surface area contributed by atoms with Crippen LogP contribution in [-0.2, 0) is 0 Å². The number of hydrogen-bond donors (Lipinski definition) is 5. The number of aromatic carboxylic acids is 1. The molecule has 1 heterocycles. The third-order valence-corrected chi connectivity index (χ3v) is 3.60. The molecule has 3 rings (SSSR count). The minimum atomic E-state index is -1.38. The van der Waals surface area contributed by atoms with E-state index in [0.717, 1.165) is 30.3 Å². The van der Waals surface area contributed by atoms with Crippen LogP contribution in [0.1, 0.15) is 34.0 Å². The SMILES string of the molecule is C.O.O=C(O)c1cc2cc(O)c(O)cc2c(C(=O)c2ccc(O)c(O)c2)n1. The first-order valence-electron chi connectivity index (χ1n) is 6.94. The molecule has 0 saturated heterocycles. The smallest absolute Gasteiger partial charge is 0.354 e. The number of ketones is 1. The highest BCUT2D eigenvalue weighted by Crippen LogP contribution is 2.33. The number of carboxylic acids is 1. The topological polar surface area (TPSA) is 180 Å². The number of rotatable bonds is 3. The first kappa shape index (κ1) is 21.2. The third kappa shape index (κ3) is 3.72. The molecule has 0 fully saturated rings. The largest absolute Gasteiger partial charge is 0.504 e. The van der Waals surface area contributed by atoms with Gasteiger partial charge >= 0.3 is 5.97 Å². The van der Waals surface area contributed by atoms with Crippen molar-refractivity contribution in [1.29, 1.82) is 0 Å². The number of phenols is 4. The third-order valence-electron chi connectivity index (χ3n) is 3.60. The lowest BCUT2D eigenvalue weighted by Gasteiger charge is -2.09. The molecule has 0 aliphatic carbocycles. The van der Waals surface area contributed by atoms with Gasteiger partial charge in [0.1, 0.15) is 11.4 Å². The number of aromatic hydroxyl groups is 4. The van der Waals surface area contributed by atoms with Crippen LogP contribution < -0.4 is 0 Å². The molecule has 0 amide bonds. The summed E-state index contributed by atoms with van der Waals surface area (Å²) in [4.78, 5) is 27.8. The van der Waals surface area contributed by atoms with Crippen molar-refractivity contribution in [1.82, 2.24) is 4.98 Å². The quantitative estimate of drug-likeness (QED) is 0.339. The zero-order valence-corrected chi connectivity index (χ0v) is 13.0. The molecule has 0 aliphatic heterocycles. The fourth-order valence-electron chi connectivity index (χ4n) is 2.36. The van der Waals surface area contributed by atoms with Crippen molar-refractivity contribution in [2.45, 2.75) is 7.43 Å². The summed E-state index contributed by atoms with van der Waals surface area (Å²) in [7, 11) is 0. The van der Waals surface area contributed by atoms with E-state index < -0.39 is 40.4 Å².